The van der Waals surface area contributed by atoms with E-state index in [0.29, 0.717) is 5.92 Å². The lowest BCUT2D eigenvalue weighted by Gasteiger charge is -2.09. The summed E-state index contributed by atoms with van der Waals surface area (Å²) in [6, 6.07) is 8.55. The van der Waals surface area contributed by atoms with Crippen LogP contribution in [-0.4, -0.2) is 12.3 Å². The molecular formula is C11H17NS. The SMILES string of the molecule is CC(C)c1cccc(NCCS)c1. The first-order valence-corrected chi connectivity index (χ1v) is 5.32. The lowest BCUT2D eigenvalue weighted by molar-refractivity contribution is 0.867. The Labute approximate surface area is 86.0 Å². The fraction of sp³-hybridized carbons (Fsp3) is 0.455. The molecule has 1 nitrogen and oxygen atoms in total. The van der Waals surface area contributed by atoms with Crippen molar-refractivity contribution in [2.24, 2.45) is 0 Å². The van der Waals surface area contributed by atoms with E-state index < -0.39 is 0 Å². The summed E-state index contributed by atoms with van der Waals surface area (Å²) in [6.07, 6.45) is 0. The van der Waals surface area contributed by atoms with E-state index in [9.17, 15) is 0 Å². The van der Waals surface area contributed by atoms with Crippen molar-refractivity contribution in [1.29, 1.82) is 0 Å². The molecule has 0 radical (unpaired) electrons. The molecule has 72 valence electrons. The highest BCUT2D eigenvalue weighted by Gasteiger charge is 1.98. The van der Waals surface area contributed by atoms with Crippen molar-refractivity contribution in [2.45, 2.75) is 19.8 Å². The average molecular weight is 195 g/mol. The zero-order valence-electron chi connectivity index (χ0n) is 8.25. The van der Waals surface area contributed by atoms with E-state index in [1.807, 2.05) is 0 Å². The number of thiol groups is 1. The van der Waals surface area contributed by atoms with Crippen molar-refractivity contribution in [3.63, 3.8) is 0 Å². The van der Waals surface area contributed by atoms with Crippen molar-refractivity contribution in [1.82, 2.24) is 0 Å². The molecule has 0 aliphatic heterocycles. The zero-order chi connectivity index (χ0) is 9.68. The maximum absolute atomic E-state index is 4.15. The second kappa shape index (κ2) is 5.18. The highest BCUT2D eigenvalue weighted by atomic mass is 32.1. The lowest BCUT2D eigenvalue weighted by Crippen LogP contribution is -2.02. The standard InChI is InChI=1S/C11H17NS/c1-9(2)10-4-3-5-11(8-10)12-6-7-13/h3-5,8-9,12-13H,6-7H2,1-2H3. The van der Waals surface area contributed by atoms with E-state index in [1.54, 1.807) is 0 Å². The molecule has 2 heteroatoms. The van der Waals surface area contributed by atoms with Crippen LogP contribution < -0.4 is 5.32 Å². The van der Waals surface area contributed by atoms with Gasteiger partial charge in [-0.2, -0.15) is 12.6 Å². The molecule has 0 saturated carbocycles. The summed E-state index contributed by atoms with van der Waals surface area (Å²) in [6.45, 7) is 5.33. The summed E-state index contributed by atoms with van der Waals surface area (Å²) in [4.78, 5) is 0. The minimum absolute atomic E-state index is 0.595. The molecule has 0 aromatic heterocycles. The minimum Gasteiger partial charge on any atom is -0.384 e. The van der Waals surface area contributed by atoms with Gasteiger partial charge in [-0.05, 0) is 23.6 Å². The summed E-state index contributed by atoms with van der Waals surface area (Å²) in [5.74, 6) is 1.46. The van der Waals surface area contributed by atoms with E-state index in [1.165, 1.54) is 11.3 Å². The molecule has 0 fully saturated rings. The maximum Gasteiger partial charge on any atom is 0.0343 e. The normalized spacial score (nSPS) is 10.5. The molecule has 1 aromatic carbocycles. The molecule has 0 aliphatic rings. The number of benzene rings is 1. The van der Waals surface area contributed by atoms with Gasteiger partial charge in [0.2, 0.25) is 0 Å². The van der Waals surface area contributed by atoms with Gasteiger partial charge in [-0.3, -0.25) is 0 Å². The van der Waals surface area contributed by atoms with Crippen LogP contribution in [0, 0.1) is 0 Å². The molecule has 0 bridgehead atoms. The third-order valence-electron chi connectivity index (χ3n) is 1.99. The maximum atomic E-state index is 4.15. The first kappa shape index (κ1) is 10.5. The summed E-state index contributed by atoms with van der Waals surface area (Å²) in [5, 5.41) is 3.31. The van der Waals surface area contributed by atoms with Crippen LogP contribution in [0.25, 0.3) is 0 Å². The van der Waals surface area contributed by atoms with Crippen LogP contribution in [-0.2, 0) is 0 Å². The molecule has 13 heavy (non-hydrogen) atoms. The van der Waals surface area contributed by atoms with E-state index in [0.717, 1.165) is 12.3 Å². The van der Waals surface area contributed by atoms with Gasteiger partial charge in [0.05, 0.1) is 0 Å². The van der Waals surface area contributed by atoms with Crippen molar-refractivity contribution in [3.8, 4) is 0 Å². The number of hydrogen-bond acceptors (Lipinski definition) is 2. The highest BCUT2D eigenvalue weighted by Crippen LogP contribution is 2.18. The zero-order valence-corrected chi connectivity index (χ0v) is 9.14. The summed E-state index contributed by atoms with van der Waals surface area (Å²) < 4.78 is 0. The second-order valence-electron chi connectivity index (χ2n) is 3.43. The van der Waals surface area contributed by atoms with E-state index >= 15 is 0 Å². The van der Waals surface area contributed by atoms with E-state index in [-0.39, 0.29) is 0 Å². The van der Waals surface area contributed by atoms with Crippen molar-refractivity contribution in [2.75, 3.05) is 17.6 Å². The van der Waals surface area contributed by atoms with Crippen molar-refractivity contribution in [3.05, 3.63) is 29.8 Å². The Morgan fingerprint density at radius 2 is 2.15 bits per heavy atom. The Bertz CT molecular complexity index is 258. The van der Waals surface area contributed by atoms with Crippen molar-refractivity contribution >= 4 is 18.3 Å². The van der Waals surface area contributed by atoms with Gasteiger partial charge < -0.3 is 5.32 Å². The first-order chi connectivity index (χ1) is 6.24. The molecular weight excluding hydrogens is 178 g/mol. The first-order valence-electron chi connectivity index (χ1n) is 4.68. The van der Waals surface area contributed by atoms with Crippen LogP contribution in [0.1, 0.15) is 25.3 Å². The van der Waals surface area contributed by atoms with Gasteiger partial charge in [0.25, 0.3) is 0 Å². The Hall–Kier alpha value is -0.630. The predicted molar refractivity (Wildman–Crippen MR) is 62.9 cm³/mol. The monoisotopic (exact) mass is 195 g/mol. The number of anilines is 1. The van der Waals surface area contributed by atoms with Gasteiger partial charge in [0.1, 0.15) is 0 Å². The Balaban J connectivity index is 2.68. The quantitative estimate of drug-likeness (QED) is 0.703. The van der Waals surface area contributed by atoms with Crippen LogP contribution in [0.2, 0.25) is 0 Å². The van der Waals surface area contributed by atoms with Crippen LogP contribution in [0.3, 0.4) is 0 Å². The molecule has 1 aromatic rings. The molecule has 0 spiro atoms. The van der Waals surface area contributed by atoms with Gasteiger partial charge in [-0.1, -0.05) is 26.0 Å². The van der Waals surface area contributed by atoms with Gasteiger partial charge in [0, 0.05) is 18.0 Å². The van der Waals surface area contributed by atoms with Gasteiger partial charge in [0.15, 0.2) is 0 Å². The molecule has 1 rings (SSSR count). The lowest BCUT2D eigenvalue weighted by atomic mass is 10.0. The molecule has 0 heterocycles. The van der Waals surface area contributed by atoms with E-state index in [2.05, 4.69) is 56.1 Å². The van der Waals surface area contributed by atoms with Crippen molar-refractivity contribution < 1.29 is 0 Å². The number of hydrogen-bond donors (Lipinski definition) is 2. The third-order valence-corrected chi connectivity index (χ3v) is 2.22. The smallest absolute Gasteiger partial charge is 0.0343 e. The van der Waals surface area contributed by atoms with Crippen LogP contribution in [0.15, 0.2) is 24.3 Å². The third kappa shape index (κ3) is 3.31. The fourth-order valence-electron chi connectivity index (χ4n) is 1.21. The molecule has 0 aliphatic carbocycles. The Morgan fingerprint density at radius 1 is 1.38 bits per heavy atom. The van der Waals surface area contributed by atoms with Crippen LogP contribution in [0.4, 0.5) is 5.69 Å². The summed E-state index contributed by atoms with van der Waals surface area (Å²) in [5.41, 5.74) is 2.57. The van der Waals surface area contributed by atoms with Crippen LogP contribution >= 0.6 is 12.6 Å². The summed E-state index contributed by atoms with van der Waals surface area (Å²) >= 11 is 4.15. The van der Waals surface area contributed by atoms with Gasteiger partial charge in [-0.25, -0.2) is 0 Å². The Morgan fingerprint density at radius 3 is 2.77 bits per heavy atom. The largest absolute Gasteiger partial charge is 0.384 e. The molecule has 0 amide bonds. The van der Waals surface area contributed by atoms with Crippen LogP contribution in [0.5, 0.6) is 0 Å². The second-order valence-corrected chi connectivity index (χ2v) is 3.88. The topological polar surface area (TPSA) is 12.0 Å². The molecule has 0 saturated heterocycles. The molecule has 1 N–H and O–H groups in total. The highest BCUT2D eigenvalue weighted by molar-refractivity contribution is 7.80. The average Bonchev–Trinajstić information content (AvgIpc) is 2.15. The van der Waals surface area contributed by atoms with E-state index in [4.69, 9.17) is 0 Å². The summed E-state index contributed by atoms with van der Waals surface area (Å²) in [7, 11) is 0. The number of nitrogens with one attached hydrogen (secondary N) is 1. The van der Waals surface area contributed by atoms with Gasteiger partial charge in [-0.15, -0.1) is 0 Å². The minimum atomic E-state index is 0.595. The molecule has 0 atom stereocenters. The Kier molecular flexibility index (Phi) is 4.16. The predicted octanol–water partition coefficient (Wildman–Crippen LogP) is 3.15. The fourth-order valence-corrected chi connectivity index (χ4v) is 1.32. The number of rotatable bonds is 4. The van der Waals surface area contributed by atoms with Gasteiger partial charge >= 0.3 is 0 Å². The molecule has 0 unspecified atom stereocenters.